The van der Waals surface area contributed by atoms with E-state index < -0.39 is 0 Å². The van der Waals surface area contributed by atoms with Crippen molar-refractivity contribution in [2.45, 2.75) is 43.8 Å². The summed E-state index contributed by atoms with van der Waals surface area (Å²) in [6, 6.07) is 9.17. The van der Waals surface area contributed by atoms with E-state index in [9.17, 15) is 0 Å². The fourth-order valence-corrected chi connectivity index (χ4v) is 3.49. The van der Waals surface area contributed by atoms with Gasteiger partial charge in [-0.15, -0.1) is 5.10 Å². The van der Waals surface area contributed by atoms with E-state index in [1.807, 2.05) is 0 Å². The number of thioether (sulfide) groups is 1. The van der Waals surface area contributed by atoms with Gasteiger partial charge in [-0.1, -0.05) is 48.5 Å². The molecule has 0 bridgehead atoms. The van der Waals surface area contributed by atoms with Gasteiger partial charge in [0.1, 0.15) is 0 Å². The first-order valence-electron chi connectivity index (χ1n) is 8.29. The van der Waals surface area contributed by atoms with Gasteiger partial charge in [0.05, 0.1) is 0 Å². The number of anilines is 1. The summed E-state index contributed by atoms with van der Waals surface area (Å²) in [5.41, 5.74) is 4.01. The Labute approximate surface area is 144 Å². The van der Waals surface area contributed by atoms with E-state index in [2.05, 4.69) is 68.8 Å². The molecule has 1 aliphatic carbocycles. The van der Waals surface area contributed by atoms with Crippen molar-refractivity contribution < 1.29 is 0 Å². The second kappa shape index (κ2) is 6.39. The molecule has 6 nitrogen and oxygen atoms in total. The van der Waals surface area contributed by atoms with Gasteiger partial charge in [0.15, 0.2) is 16.5 Å². The lowest BCUT2D eigenvalue weighted by molar-refractivity contribution is 0.943. The van der Waals surface area contributed by atoms with E-state index in [0.29, 0.717) is 23.1 Å². The molecule has 7 heteroatoms. The number of fused-ring (bicyclic) bond motifs is 1. The number of aromatic nitrogens is 5. The minimum atomic E-state index is 0.395. The molecule has 0 aliphatic heterocycles. The van der Waals surface area contributed by atoms with Crippen LogP contribution >= 0.6 is 11.8 Å². The van der Waals surface area contributed by atoms with E-state index >= 15 is 0 Å². The van der Waals surface area contributed by atoms with Crippen molar-refractivity contribution in [1.82, 2.24) is 25.4 Å². The number of H-pyrrole nitrogens is 1. The molecule has 0 spiro atoms. The predicted octanol–water partition coefficient (Wildman–Crippen LogP) is 3.53. The topological polar surface area (TPSA) is 79.4 Å². The van der Waals surface area contributed by atoms with Crippen molar-refractivity contribution in [1.29, 1.82) is 0 Å². The molecular formula is C17H20N6S. The lowest BCUT2D eigenvalue weighted by Crippen LogP contribution is -2.08. The number of aromatic amines is 1. The predicted molar refractivity (Wildman–Crippen MR) is 96.4 cm³/mol. The average Bonchev–Trinajstić information content (AvgIpc) is 3.17. The Balaban J connectivity index is 1.54. The third kappa shape index (κ3) is 3.08. The fraction of sp³-hybridized carbons (Fsp3) is 0.412. The molecular weight excluding hydrogens is 320 g/mol. The van der Waals surface area contributed by atoms with Crippen molar-refractivity contribution >= 4 is 28.7 Å². The van der Waals surface area contributed by atoms with Crippen LogP contribution in [0.2, 0.25) is 0 Å². The molecule has 0 saturated heterocycles. The Morgan fingerprint density at radius 2 is 2.04 bits per heavy atom. The van der Waals surface area contributed by atoms with Crippen LogP contribution in [0, 0.1) is 6.92 Å². The molecule has 0 radical (unpaired) electrons. The minimum Gasteiger partial charge on any atom is -0.365 e. The van der Waals surface area contributed by atoms with Crippen LogP contribution < -0.4 is 5.32 Å². The molecule has 124 valence electrons. The second-order valence-corrected chi connectivity index (χ2v) is 7.26. The lowest BCUT2D eigenvalue weighted by Gasteiger charge is -2.07. The number of rotatable bonds is 6. The quantitative estimate of drug-likeness (QED) is 0.528. The molecule has 1 fully saturated rings. The van der Waals surface area contributed by atoms with Crippen LogP contribution in [0.15, 0.2) is 29.4 Å². The van der Waals surface area contributed by atoms with Crippen molar-refractivity contribution in [3.63, 3.8) is 0 Å². The van der Waals surface area contributed by atoms with Crippen LogP contribution in [0.3, 0.4) is 0 Å². The number of benzene rings is 1. The van der Waals surface area contributed by atoms with E-state index in [-0.39, 0.29) is 0 Å². The molecule has 2 unspecified atom stereocenters. The van der Waals surface area contributed by atoms with Crippen LogP contribution in [0.25, 0.3) is 11.2 Å². The van der Waals surface area contributed by atoms with Crippen molar-refractivity contribution in [2.75, 3.05) is 11.1 Å². The van der Waals surface area contributed by atoms with Gasteiger partial charge in [-0.2, -0.15) is 15.3 Å². The summed E-state index contributed by atoms with van der Waals surface area (Å²) in [6.45, 7) is 4.27. The zero-order chi connectivity index (χ0) is 16.5. The lowest BCUT2D eigenvalue weighted by atomic mass is 10.1. The Kier molecular flexibility index (Phi) is 4.10. The maximum Gasteiger partial charge on any atom is 0.207 e. The molecule has 1 aliphatic rings. The van der Waals surface area contributed by atoms with Crippen LogP contribution in [-0.4, -0.2) is 37.2 Å². The van der Waals surface area contributed by atoms with Gasteiger partial charge in [-0.25, -0.2) is 4.98 Å². The third-order valence-electron chi connectivity index (χ3n) is 4.22. The smallest absolute Gasteiger partial charge is 0.207 e. The molecule has 1 aromatic carbocycles. The molecule has 4 rings (SSSR count). The van der Waals surface area contributed by atoms with Gasteiger partial charge >= 0.3 is 0 Å². The normalized spacial score (nSPS) is 19.6. The molecule has 0 amide bonds. The largest absolute Gasteiger partial charge is 0.365 e. The second-order valence-electron chi connectivity index (χ2n) is 6.20. The summed E-state index contributed by atoms with van der Waals surface area (Å²) in [4.78, 5) is 9.11. The summed E-state index contributed by atoms with van der Waals surface area (Å²) >= 11 is 1.66. The summed E-state index contributed by atoms with van der Waals surface area (Å²) in [5.74, 6) is 2.32. The van der Waals surface area contributed by atoms with Gasteiger partial charge < -0.3 is 5.32 Å². The highest BCUT2D eigenvalue weighted by Gasteiger charge is 2.39. The Morgan fingerprint density at radius 1 is 1.21 bits per heavy atom. The highest BCUT2D eigenvalue weighted by molar-refractivity contribution is 7.99. The molecule has 24 heavy (non-hydrogen) atoms. The average molecular weight is 340 g/mol. The molecule has 2 heterocycles. The number of nitrogens with zero attached hydrogens (tertiary/aromatic N) is 4. The van der Waals surface area contributed by atoms with Crippen LogP contribution in [0.5, 0.6) is 0 Å². The van der Waals surface area contributed by atoms with Crippen molar-refractivity contribution in [2.24, 2.45) is 0 Å². The molecule has 2 aromatic heterocycles. The first-order valence-corrected chi connectivity index (χ1v) is 9.27. The molecule has 1 saturated carbocycles. The monoisotopic (exact) mass is 340 g/mol. The summed E-state index contributed by atoms with van der Waals surface area (Å²) in [7, 11) is 0. The Bertz CT molecular complexity index is 844. The number of hydrogen-bond donors (Lipinski definition) is 2. The standard InChI is InChI=1S/C17H20N6S/c1-3-8-24-17-19-15(14-16(20-17)22-23-21-14)18-13-9-12(13)11-6-4-10(2)5-7-11/h4-7,12-13H,3,8-9H2,1-2H3,(H2,18,19,20,21,22,23). The fourth-order valence-electron chi connectivity index (χ4n) is 2.80. The van der Waals surface area contributed by atoms with Gasteiger partial charge in [-0.05, 0) is 25.3 Å². The third-order valence-corrected chi connectivity index (χ3v) is 5.27. The Hall–Kier alpha value is -2.15. The maximum atomic E-state index is 4.65. The highest BCUT2D eigenvalue weighted by Crippen LogP contribution is 2.43. The molecule has 2 atom stereocenters. The minimum absolute atomic E-state index is 0.395. The van der Waals surface area contributed by atoms with E-state index in [1.165, 1.54) is 11.1 Å². The summed E-state index contributed by atoms with van der Waals surface area (Å²) in [5, 5.41) is 15.3. The van der Waals surface area contributed by atoms with Crippen molar-refractivity contribution in [3.05, 3.63) is 35.4 Å². The first-order chi connectivity index (χ1) is 11.7. The van der Waals surface area contributed by atoms with Gasteiger partial charge in [-0.3, -0.25) is 0 Å². The van der Waals surface area contributed by atoms with Crippen LogP contribution in [0.1, 0.15) is 36.8 Å². The summed E-state index contributed by atoms with van der Waals surface area (Å²) in [6.07, 6.45) is 2.20. The summed E-state index contributed by atoms with van der Waals surface area (Å²) < 4.78 is 0. The SMILES string of the molecule is CCCSc1nc(NC2CC2c2ccc(C)cc2)c2n[nH]nc2n1. The van der Waals surface area contributed by atoms with Crippen LogP contribution in [0.4, 0.5) is 5.82 Å². The highest BCUT2D eigenvalue weighted by atomic mass is 32.2. The zero-order valence-electron chi connectivity index (χ0n) is 13.8. The zero-order valence-corrected chi connectivity index (χ0v) is 14.6. The number of hydrogen-bond acceptors (Lipinski definition) is 6. The van der Waals surface area contributed by atoms with Crippen LogP contribution in [-0.2, 0) is 0 Å². The van der Waals surface area contributed by atoms with Gasteiger partial charge in [0, 0.05) is 17.7 Å². The molecule has 3 aromatic rings. The maximum absolute atomic E-state index is 4.65. The first kappa shape index (κ1) is 15.4. The van der Waals surface area contributed by atoms with E-state index in [0.717, 1.165) is 29.6 Å². The number of aryl methyl sites for hydroxylation is 1. The van der Waals surface area contributed by atoms with E-state index in [1.54, 1.807) is 11.8 Å². The Morgan fingerprint density at radius 3 is 2.83 bits per heavy atom. The van der Waals surface area contributed by atoms with Gasteiger partial charge in [0.2, 0.25) is 5.65 Å². The van der Waals surface area contributed by atoms with E-state index in [4.69, 9.17) is 0 Å². The van der Waals surface area contributed by atoms with Gasteiger partial charge in [0.25, 0.3) is 0 Å². The number of nitrogens with one attached hydrogen (secondary N) is 2. The van der Waals surface area contributed by atoms with Crippen molar-refractivity contribution in [3.8, 4) is 0 Å². The molecule has 2 N–H and O–H groups in total.